The maximum Gasteiger partial charge on any atom is 0.243 e. The number of nitrogens with zero attached hydrogens (tertiary/aromatic N) is 1. The van der Waals surface area contributed by atoms with E-state index in [1.807, 2.05) is 25.1 Å². The Kier molecular flexibility index (Phi) is 5.39. The van der Waals surface area contributed by atoms with Crippen LogP contribution in [0.5, 0.6) is 17.2 Å². The lowest BCUT2D eigenvalue weighted by molar-refractivity contribution is 0.173. The van der Waals surface area contributed by atoms with E-state index < -0.39 is 16.1 Å². The summed E-state index contributed by atoms with van der Waals surface area (Å²) in [6, 6.07) is 15.4. The summed E-state index contributed by atoms with van der Waals surface area (Å²) in [5.74, 6) is 1.40. The standard InChI is InChI=1S/C24H22BrNO5S/c1-15-2-7-19(8-3-15)32(28,29)26-11-10-16-4-6-18(27)13-20(16)21(26)12-17-5-9-22-24(23(17)25)31-14-30-22/h2-9,13,21,27H,10-12,14H2,1H3. The molecule has 0 aromatic heterocycles. The van der Waals surface area contributed by atoms with Crippen LogP contribution < -0.4 is 9.47 Å². The predicted octanol–water partition coefficient (Wildman–Crippen LogP) is 4.72. The van der Waals surface area contributed by atoms with Gasteiger partial charge in [0.15, 0.2) is 11.5 Å². The van der Waals surface area contributed by atoms with E-state index in [2.05, 4.69) is 15.9 Å². The molecule has 3 aromatic rings. The number of fused-ring (bicyclic) bond motifs is 2. The molecule has 1 atom stereocenters. The number of halogens is 1. The van der Waals surface area contributed by atoms with Gasteiger partial charge in [0.05, 0.1) is 15.4 Å². The van der Waals surface area contributed by atoms with Crippen molar-refractivity contribution < 1.29 is 23.0 Å². The van der Waals surface area contributed by atoms with Crippen LogP contribution in [-0.2, 0) is 22.9 Å². The summed E-state index contributed by atoms with van der Waals surface area (Å²) in [5, 5.41) is 10.2. The van der Waals surface area contributed by atoms with Gasteiger partial charge in [0, 0.05) is 6.54 Å². The maximum absolute atomic E-state index is 13.7. The minimum atomic E-state index is -3.75. The summed E-state index contributed by atoms with van der Waals surface area (Å²) in [6.07, 6.45) is 0.998. The third-order valence-electron chi connectivity index (χ3n) is 6.04. The van der Waals surface area contributed by atoms with Gasteiger partial charge >= 0.3 is 0 Å². The molecule has 0 aliphatic carbocycles. The lowest BCUT2D eigenvalue weighted by atomic mass is 9.90. The molecule has 0 spiro atoms. The van der Waals surface area contributed by atoms with E-state index >= 15 is 0 Å². The van der Waals surface area contributed by atoms with Crippen LogP contribution in [0.1, 0.15) is 28.3 Å². The zero-order chi connectivity index (χ0) is 22.5. The van der Waals surface area contributed by atoms with Crippen LogP contribution in [0.25, 0.3) is 0 Å². The van der Waals surface area contributed by atoms with Crippen molar-refractivity contribution >= 4 is 26.0 Å². The zero-order valence-corrected chi connectivity index (χ0v) is 19.8. The number of aryl methyl sites for hydroxylation is 1. The van der Waals surface area contributed by atoms with Gasteiger partial charge in [0.1, 0.15) is 5.75 Å². The van der Waals surface area contributed by atoms with Gasteiger partial charge in [-0.25, -0.2) is 8.42 Å². The Balaban J connectivity index is 1.60. The fourth-order valence-corrected chi connectivity index (χ4v) is 6.56. The van der Waals surface area contributed by atoms with Gasteiger partial charge in [-0.15, -0.1) is 0 Å². The summed E-state index contributed by atoms with van der Waals surface area (Å²) in [4.78, 5) is 0.265. The third kappa shape index (κ3) is 3.66. The molecule has 0 saturated carbocycles. The smallest absolute Gasteiger partial charge is 0.243 e. The van der Waals surface area contributed by atoms with Gasteiger partial charge in [-0.1, -0.05) is 29.8 Å². The molecule has 32 heavy (non-hydrogen) atoms. The van der Waals surface area contributed by atoms with E-state index in [0.29, 0.717) is 30.9 Å². The van der Waals surface area contributed by atoms with Crippen molar-refractivity contribution in [3.8, 4) is 17.2 Å². The highest BCUT2D eigenvalue weighted by atomic mass is 79.9. The number of hydrogen-bond donors (Lipinski definition) is 1. The molecular formula is C24H22BrNO5S. The van der Waals surface area contributed by atoms with E-state index in [1.54, 1.807) is 40.7 Å². The molecule has 5 rings (SSSR count). The fraction of sp³-hybridized carbons (Fsp3) is 0.250. The van der Waals surface area contributed by atoms with E-state index in [9.17, 15) is 13.5 Å². The van der Waals surface area contributed by atoms with E-state index in [0.717, 1.165) is 26.7 Å². The Bertz CT molecular complexity index is 1290. The maximum atomic E-state index is 13.7. The molecule has 0 saturated heterocycles. The molecule has 8 heteroatoms. The Hall–Kier alpha value is -2.55. The molecule has 6 nitrogen and oxygen atoms in total. The topological polar surface area (TPSA) is 76.1 Å². The van der Waals surface area contributed by atoms with Gasteiger partial charge < -0.3 is 14.6 Å². The Morgan fingerprint density at radius 3 is 2.66 bits per heavy atom. The Morgan fingerprint density at radius 1 is 1.09 bits per heavy atom. The van der Waals surface area contributed by atoms with Crippen molar-refractivity contribution in [2.24, 2.45) is 0 Å². The minimum absolute atomic E-state index is 0.119. The van der Waals surface area contributed by atoms with Crippen molar-refractivity contribution in [2.75, 3.05) is 13.3 Å². The van der Waals surface area contributed by atoms with Crippen molar-refractivity contribution in [3.63, 3.8) is 0 Å². The average Bonchev–Trinajstić information content (AvgIpc) is 3.26. The third-order valence-corrected chi connectivity index (χ3v) is 8.83. The number of phenolic OH excluding ortho intramolecular Hbond substituents is 1. The Labute approximate surface area is 195 Å². The number of rotatable bonds is 4. The second-order valence-corrected chi connectivity index (χ2v) is 10.7. The van der Waals surface area contributed by atoms with Crippen LogP contribution in [0.3, 0.4) is 0 Å². The number of sulfonamides is 1. The lowest BCUT2D eigenvalue weighted by Gasteiger charge is -2.37. The van der Waals surface area contributed by atoms with Crippen LogP contribution in [-0.4, -0.2) is 31.2 Å². The second-order valence-electron chi connectivity index (χ2n) is 8.05. The highest BCUT2D eigenvalue weighted by Gasteiger charge is 2.37. The number of aromatic hydroxyl groups is 1. The Morgan fingerprint density at radius 2 is 1.88 bits per heavy atom. The monoisotopic (exact) mass is 515 g/mol. The minimum Gasteiger partial charge on any atom is -0.508 e. The molecule has 0 radical (unpaired) electrons. The molecule has 2 aliphatic heterocycles. The molecule has 0 bridgehead atoms. The average molecular weight is 516 g/mol. The first-order valence-corrected chi connectivity index (χ1v) is 12.5. The largest absolute Gasteiger partial charge is 0.508 e. The van der Waals surface area contributed by atoms with E-state index in [4.69, 9.17) is 9.47 Å². The van der Waals surface area contributed by atoms with Crippen LogP contribution in [0.4, 0.5) is 0 Å². The van der Waals surface area contributed by atoms with Crippen LogP contribution in [0.2, 0.25) is 0 Å². The molecule has 166 valence electrons. The number of phenols is 1. The fourth-order valence-electron chi connectivity index (χ4n) is 4.35. The molecule has 3 aromatic carbocycles. The normalized spacial score (nSPS) is 17.9. The lowest BCUT2D eigenvalue weighted by Crippen LogP contribution is -2.41. The molecule has 2 aliphatic rings. The summed E-state index contributed by atoms with van der Waals surface area (Å²) < 4.78 is 40.7. The van der Waals surface area contributed by atoms with Crippen LogP contribution >= 0.6 is 15.9 Å². The first-order valence-electron chi connectivity index (χ1n) is 10.3. The van der Waals surface area contributed by atoms with Gasteiger partial charge in [0.25, 0.3) is 0 Å². The molecule has 0 amide bonds. The highest BCUT2D eigenvalue weighted by molar-refractivity contribution is 9.10. The first-order chi connectivity index (χ1) is 15.3. The van der Waals surface area contributed by atoms with Crippen LogP contribution in [0, 0.1) is 6.92 Å². The van der Waals surface area contributed by atoms with Crippen molar-refractivity contribution in [2.45, 2.75) is 30.7 Å². The molecule has 2 heterocycles. The van der Waals surface area contributed by atoms with Gasteiger partial charge in [0.2, 0.25) is 16.8 Å². The number of benzene rings is 3. The van der Waals surface area contributed by atoms with Crippen molar-refractivity contribution in [3.05, 3.63) is 81.3 Å². The van der Waals surface area contributed by atoms with Crippen molar-refractivity contribution in [1.29, 1.82) is 0 Å². The van der Waals surface area contributed by atoms with Gasteiger partial charge in [-0.2, -0.15) is 4.31 Å². The first kappa shape index (κ1) is 21.3. The summed E-state index contributed by atoms with van der Waals surface area (Å²) in [7, 11) is -3.75. The van der Waals surface area contributed by atoms with E-state index in [-0.39, 0.29) is 17.4 Å². The zero-order valence-electron chi connectivity index (χ0n) is 17.4. The molecule has 1 N–H and O–H groups in total. The number of ether oxygens (including phenoxy) is 2. The SMILES string of the molecule is Cc1ccc(S(=O)(=O)N2CCc3ccc(O)cc3C2Cc2ccc3c(c2Br)OCO3)cc1. The van der Waals surface area contributed by atoms with Crippen molar-refractivity contribution in [1.82, 2.24) is 4.31 Å². The summed E-state index contributed by atoms with van der Waals surface area (Å²) >= 11 is 3.61. The van der Waals surface area contributed by atoms with Gasteiger partial charge in [-0.05, 0) is 82.7 Å². The summed E-state index contributed by atoms with van der Waals surface area (Å²) in [6.45, 7) is 2.45. The highest BCUT2D eigenvalue weighted by Crippen LogP contribution is 2.44. The molecule has 1 unspecified atom stereocenters. The van der Waals surface area contributed by atoms with Gasteiger partial charge in [-0.3, -0.25) is 0 Å². The second kappa shape index (κ2) is 8.10. The predicted molar refractivity (Wildman–Crippen MR) is 124 cm³/mol. The van der Waals surface area contributed by atoms with Crippen LogP contribution in [0.15, 0.2) is 64.0 Å². The summed E-state index contributed by atoms with van der Waals surface area (Å²) in [5.41, 5.74) is 3.76. The van der Waals surface area contributed by atoms with E-state index in [1.165, 1.54) is 0 Å². The molecule has 0 fully saturated rings. The quantitative estimate of drug-likeness (QED) is 0.543. The molecular weight excluding hydrogens is 494 g/mol. The number of hydrogen-bond acceptors (Lipinski definition) is 5.